The lowest BCUT2D eigenvalue weighted by Gasteiger charge is -2.42. The van der Waals surface area contributed by atoms with Gasteiger partial charge in [0.1, 0.15) is 0 Å². The van der Waals surface area contributed by atoms with Gasteiger partial charge in [-0.15, -0.1) is 0 Å². The van der Waals surface area contributed by atoms with Gasteiger partial charge < -0.3 is 10.8 Å². The number of aliphatic carboxylic acids is 1. The number of hydrogen-bond donors (Lipinski definition) is 2. The summed E-state index contributed by atoms with van der Waals surface area (Å²) < 4.78 is 0. The fourth-order valence-corrected chi connectivity index (χ4v) is 2.63. The van der Waals surface area contributed by atoms with Crippen molar-refractivity contribution >= 4 is 5.97 Å². The van der Waals surface area contributed by atoms with Crippen molar-refractivity contribution in [2.45, 2.75) is 32.1 Å². The largest absolute Gasteiger partial charge is 0.481 e. The maximum absolute atomic E-state index is 11.3. The van der Waals surface area contributed by atoms with E-state index in [-0.39, 0.29) is 0 Å². The van der Waals surface area contributed by atoms with Crippen LogP contribution in [-0.4, -0.2) is 17.6 Å². The van der Waals surface area contributed by atoms with Crippen molar-refractivity contribution in [2.24, 2.45) is 23.0 Å². The van der Waals surface area contributed by atoms with Crippen molar-refractivity contribution in [3.63, 3.8) is 0 Å². The monoisotopic (exact) mass is 183 g/mol. The molecule has 0 radical (unpaired) electrons. The zero-order valence-corrected chi connectivity index (χ0v) is 7.83. The Morgan fingerprint density at radius 2 is 1.85 bits per heavy atom. The zero-order chi connectivity index (χ0) is 9.47. The predicted octanol–water partition coefficient (Wildman–Crippen LogP) is 1.23. The molecule has 0 aliphatic heterocycles. The number of nitrogens with two attached hydrogens (primary N) is 1. The summed E-state index contributed by atoms with van der Waals surface area (Å²) in [7, 11) is 0. The number of carbonyl (C=O) groups is 1. The number of rotatable bonds is 4. The summed E-state index contributed by atoms with van der Waals surface area (Å²) >= 11 is 0. The molecule has 2 aliphatic carbocycles. The van der Waals surface area contributed by atoms with Crippen LogP contribution < -0.4 is 5.73 Å². The normalized spacial score (nSPS) is 27.8. The first-order valence-electron chi connectivity index (χ1n) is 5.15. The van der Waals surface area contributed by atoms with Gasteiger partial charge in [-0.1, -0.05) is 6.42 Å². The quantitative estimate of drug-likeness (QED) is 0.689. The average Bonchev–Trinajstić information content (AvgIpc) is 2.77. The molecule has 2 fully saturated rings. The third-order valence-electron chi connectivity index (χ3n) is 3.88. The topological polar surface area (TPSA) is 63.3 Å². The Balaban J connectivity index is 2.19. The molecule has 0 spiro atoms. The standard InChI is InChI=1S/C10H17NO2/c11-6-10(9(12)13,8-4-5-8)7-2-1-3-7/h7-8H,1-6,11H2,(H,12,13). The highest BCUT2D eigenvalue weighted by Crippen LogP contribution is 2.55. The summed E-state index contributed by atoms with van der Waals surface area (Å²) in [5, 5.41) is 9.29. The van der Waals surface area contributed by atoms with Crippen LogP contribution in [0.3, 0.4) is 0 Å². The fraction of sp³-hybridized carbons (Fsp3) is 0.900. The van der Waals surface area contributed by atoms with Crippen LogP contribution in [0, 0.1) is 17.3 Å². The summed E-state index contributed by atoms with van der Waals surface area (Å²) in [5.41, 5.74) is 5.12. The van der Waals surface area contributed by atoms with E-state index in [2.05, 4.69) is 0 Å². The van der Waals surface area contributed by atoms with E-state index in [9.17, 15) is 9.90 Å². The maximum Gasteiger partial charge on any atom is 0.311 e. The van der Waals surface area contributed by atoms with Crippen LogP contribution in [0.25, 0.3) is 0 Å². The van der Waals surface area contributed by atoms with E-state index in [0.29, 0.717) is 18.4 Å². The molecule has 0 saturated heterocycles. The molecule has 3 heteroatoms. The Labute approximate surface area is 78.3 Å². The second-order valence-electron chi connectivity index (χ2n) is 4.45. The first-order chi connectivity index (χ1) is 6.21. The van der Waals surface area contributed by atoms with E-state index in [4.69, 9.17) is 5.73 Å². The highest BCUT2D eigenvalue weighted by atomic mass is 16.4. The number of hydrogen-bond acceptors (Lipinski definition) is 2. The molecule has 2 aliphatic rings. The second-order valence-corrected chi connectivity index (χ2v) is 4.45. The minimum Gasteiger partial charge on any atom is -0.481 e. The van der Waals surface area contributed by atoms with Gasteiger partial charge in [-0.2, -0.15) is 0 Å². The van der Waals surface area contributed by atoms with Crippen LogP contribution in [0.4, 0.5) is 0 Å². The molecule has 1 unspecified atom stereocenters. The summed E-state index contributed by atoms with van der Waals surface area (Å²) in [5.74, 6) is 0.0880. The molecule has 74 valence electrons. The van der Waals surface area contributed by atoms with Crippen molar-refractivity contribution in [1.82, 2.24) is 0 Å². The molecule has 0 heterocycles. The molecule has 13 heavy (non-hydrogen) atoms. The van der Waals surface area contributed by atoms with Crippen molar-refractivity contribution in [1.29, 1.82) is 0 Å². The van der Waals surface area contributed by atoms with Crippen molar-refractivity contribution in [3.8, 4) is 0 Å². The zero-order valence-electron chi connectivity index (χ0n) is 7.83. The van der Waals surface area contributed by atoms with E-state index in [1.807, 2.05) is 0 Å². The van der Waals surface area contributed by atoms with E-state index < -0.39 is 11.4 Å². The molecule has 2 saturated carbocycles. The maximum atomic E-state index is 11.3. The third kappa shape index (κ3) is 1.17. The second kappa shape index (κ2) is 2.98. The average molecular weight is 183 g/mol. The molecule has 0 aromatic carbocycles. The summed E-state index contributed by atoms with van der Waals surface area (Å²) in [6, 6.07) is 0. The lowest BCUT2D eigenvalue weighted by Crippen LogP contribution is -2.49. The minimum absolute atomic E-state index is 0.331. The number of carboxylic acids is 1. The molecule has 0 aromatic rings. The van der Waals surface area contributed by atoms with Crippen LogP contribution in [-0.2, 0) is 4.79 Å². The van der Waals surface area contributed by atoms with Gasteiger partial charge in [0.15, 0.2) is 0 Å². The van der Waals surface area contributed by atoms with Gasteiger partial charge in [-0.3, -0.25) is 4.79 Å². The highest BCUT2D eigenvalue weighted by Gasteiger charge is 2.56. The fourth-order valence-electron chi connectivity index (χ4n) is 2.63. The molecular weight excluding hydrogens is 166 g/mol. The highest BCUT2D eigenvalue weighted by molar-refractivity contribution is 5.76. The van der Waals surface area contributed by atoms with E-state index >= 15 is 0 Å². The number of carboxylic acid groups (broad SMARTS) is 1. The molecule has 1 atom stereocenters. The first kappa shape index (κ1) is 9.00. The molecule has 3 nitrogen and oxygen atoms in total. The van der Waals surface area contributed by atoms with Crippen LogP contribution >= 0.6 is 0 Å². The molecule has 0 amide bonds. The lowest BCUT2D eigenvalue weighted by molar-refractivity contribution is -0.156. The Morgan fingerprint density at radius 3 is 2.08 bits per heavy atom. The third-order valence-corrected chi connectivity index (χ3v) is 3.88. The Hall–Kier alpha value is -0.570. The lowest BCUT2D eigenvalue weighted by atomic mass is 9.62. The molecule has 2 rings (SSSR count). The predicted molar refractivity (Wildman–Crippen MR) is 49.2 cm³/mol. The minimum atomic E-state index is -0.651. The van der Waals surface area contributed by atoms with E-state index in [0.717, 1.165) is 25.7 Å². The Bertz CT molecular complexity index is 221. The Kier molecular flexibility index (Phi) is 2.06. The van der Waals surface area contributed by atoms with Gasteiger partial charge in [-0.05, 0) is 37.5 Å². The molecule has 0 bridgehead atoms. The van der Waals surface area contributed by atoms with Gasteiger partial charge in [0, 0.05) is 6.54 Å². The van der Waals surface area contributed by atoms with Crippen LogP contribution in [0.2, 0.25) is 0 Å². The van der Waals surface area contributed by atoms with Crippen LogP contribution in [0.5, 0.6) is 0 Å². The molecule has 3 N–H and O–H groups in total. The van der Waals surface area contributed by atoms with Gasteiger partial charge in [-0.25, -0.2) is 0 Å². The molecular formula is C10H17NO2. The van der Waals surface area contributed by atoms with Crippen molar-refractivity contribution in [3.05, 3.63) is 0 Å². The Morgan fingerprint density at radius 1 is 1.31 bits per heavy atom. The molecule has 0 aromatic heterocycles. The van der Waals surface area contributed by atoms with Crippen molar-refractivity contribution < 1.29 is 9.90 Å². The summed E-state index contributed by atoms with van der Waals surface area (Å²) in [6.45, 7) is 0.331. The smallest absolute Gasteiger partial charge is 0.311 e. The van der Waals surface area contributed by atoms with Crippen LogP contribution in [0.1, 0.15) is 32.1 Å². The van der Waals surface area contributed by atoms with E-state index in [1.54, 1.807) is 0 Å². The SMILES string of the molecule is NCC(C(=O)O)(C1CCC1)C1CC1. The van der Waals surface area contributed by atoms with Crippen LogP contribution in [0.15, 0.2) is 0 Å². The summed E-state index contributed by atoms with van der Waals surface area (Å²) in [4.78, 5) is 11.3. The summed E-state index contributed by atoms with van der Waals surface area (Å²) in [6.07, 6.45) is 5.46. The van der Waals surface area contributed by atoms with Gasteiger partial charge >= 0.3 is 5.97 Å². The van der Waals surface area contributed by atoms with Crippen molar-refractivity contribution in [2.75, 3.05) is 6.54 Å². The van der Waals surface area contributed by atoms with Gasteiger partial charge in [0.25, 0.3) is 0 Å². The van der Waals surface area contributed by atoms with Gasteiger partial charge in [0.05, 0.1) is 5.41 Å². The van der Waals surface area contributed by atoms with Gasteiger partial charge in [0.2, 0.25) is 0 Å². The first-order valence-corrected chi connectivity index (χ1v) is 5.15. The van der Waals surface area contributed by atoms with E-state index in [1.165, 1.54) is 6.42 Å².